The molecule has 1 saturated carbocycles. The van der Waals surface area contributed by atoms with Gasteiger partial charge in [-0.05, 0) is 61.9 Å². The molecule has 2 aromatic rings. The maximum Gasteiger partial charge on any atom is 0.240 e. The first kappa shape index (κ1) is 18.1. The predicted molar refractivity (Wildman–Crippen MR) is 99.3 cm³/mol. The molecule has 5 heteroatoms. The molecule has 2 amide bonds. The van der Waals surface area contributed by atoms with Crippen molar-refractivity contribution in [3.63, 3.8) is 0 Å². The molecular weight excluding hydrogens is 331 g/mol. The number of halogens is 1. The van der Waals surface area contributed by atoms with E-state index in [0.29, 0.717) is 31.4 Å². The second-order valence-corrected chi connectivity index (χ2v) is 6.88. The van der Waals surface area contributed by atoms with Crippen LogP contribution in [0, 0.1) is 25.1 Å². The molecule has 0 aliphatic heterocycles. The van der Waals surface area contributed by atoms with E-state index in [1.54, 1.807) is 18.2 Å². The van der Waals surface area contributed by atoms with Crippen LogP contribution in [0.3, 0.4) is 0 Å². The van der Waals surface area contributed by atoms with Crippen LogP contribution in [-0.2, 0) is 16.0 Å². The number of benzene rings is 2. The number of carbonyl (C=O) groups is 2. The highest BCUT2D eigenvalue weighted by molar-refractivity contribution is 6.13. The molecule has 0 heterocycles. The average Bonchev–Trinajstić information content (AvgIpc) is 3.42. The van der Waals surface area contributed by atoms with Crippen molar-refractivity contribution in [2.24, 2.45) is 5.41 Å². The molecule has 0 atom stereocenters. The molecule has 1 aliphatic rings. The number of rotatable bonds is 6. The van der Waals surface area contributed by atoms with Crippen LogP contribution in [0.4, 0.5) is 10.1 Å². The summed E-state index contributed by atoms with van der Waals surface area (Å²) in [5, 5.41) is 5.68. The van der Waals surface area contributed by atoms with Crippen LogP contribution in [0.1, 0.15) is 29.5 Å². The van der Waals surface area contributed by atoms with Crippen LogP contribution >= 0.6 is 0 Å². The highest BCUT2D eigenvalue weighted by Crippen LogP contribution is 2.47. The lowest BCUT2D eigenvalue weighted by atomic mass is 10.0. The summed E-state index contributed by atoms with van der Waals surface area (Å²) in [4.78, 5) is 25.2. The summed E-state index contributed by atoms with van der Waals surface area (Å²) in [5.74, 6) is -0.832. The Hall–Kier alpha value is -2.69. The van der Waals surface area contributed by atoms with Crippen molar-refractivity contribution in [3.05, 3.63) is 65.0 Å². The van der Waals surface area contributed by atoms with Gasteiger partial charge in [0.25, 0.3) is 0 Å². The topological polar surface area (TPSA) is 58.2 Å². The number of hydrogen-bond donors (Lipinski definition) is 2. The van der Waals surface area contributed by atoms with Gasteiger partial charge in [0.15, 0.2) is 0 Å². The lowest BCUT2D eigenvalue weighted by Crippen LogP contribution is -2.40. The molecule has 1 fully saturated rings. The third-order valence-corrected chi connectivity index (χ3v) is 5.11. The Labute approximate surface area is 152 Å². The van der Waals surface area contributed by atoms with Gasteiger partial charge in [0, 0.05) is 12.2 Å². The van der Waals surface area contributed by atoms with Crippen molar-refractivity contribution in [2.75, 3.05) is 11.9 Å². The van der Waals surface area contributed by atoms with Gasteiger partial charge in [0.1, 0.15) is 11.2 Å². The standard InChI is InChI=1S/C21H23FN2O2/c1-14-6-5-9-18(15(14)2)24-20(26)21(11-12-21)19(25)23-13-10-16-7-3-4-8-17(16)22/h3-9H,10-13H2,1-2H3,(H,23,25)(H,24,26). The van der Waals surface area contributed by atoms with Crippen LogP contribution in [0.2, 0.25) is 0 Å². The Morgan fingerprint density at radius 3 is 2.46 bits per heavy atom. The fraction of sp³-hybridized carbons (Fsp3) is 0.333. The maximum atomic E-state index is 13.6. The molecule has 0 spiro atoms. The fourth-order valence-corrected chi connectivity index (χ4v) is 2.99. The molecule has 3 rings (SSSR count). The van der Waals surface area contributed by atoms with Crippen molar-refractivity contribution in [1.82, 2.24) is 5.32 Å². The summed E-state index contributed by atoms with van der Waals surface area (Å²) in [6.07, 6.45) is 1.47. The first-order chi connectivity index (χ1) is 12.4. The molecule has 0 unspecified atom stereocenters. The van der Waals surface area contributed by atoms with Crippen molar-refractivity contribution < 1.29 is 14.0 Å². The predicted octanol–water partition coefficient (Wildman–Crippen LogP) is 3.52. The Balaban J connectivity index is 1.59. The molecule has 26 heavy (non-hydrogen) atoms. The summed E-state index contributed by atoms with van der Waals surface area (Å²) in [5.41, 5.74) is 2.38. The molecule has 136 valence electrons. The molecule has 0 bridgehead atoms. The van der Waals surface area contributed by atoms with Crippen molar-refractivity contribution in [2.45, 2.75) is 33.1 Å². The summed E-state index contributed by atoms with van der Waals surface area (Å²) in [7, 11) is 0. The number of anilines is 1. The van der Waals surface area contributed by atoms with Crippen molar-refractivity contribution in [3.8, 4) is 0 Å². The van der Waals surface area contributed by atoms with Crippen molar-refractivity contribution >= 4 is 17.5 Å². The third kappa shape index (κ3) is 3.62. The van der Waals surface area contributed by atoms with Crippen LogP contribution in [0.25, 0.3) is 0 Å². The summed E-state index contributed by atoms with van der Waals surface area (Å²) >= 11 is 0. The van der Waals surface area contributed by atoms with Crippen LogP contribution in [0.5, 0.6) is 0 Å². The van der Waals surface area contributed by atoms with Crippen LogP contribution < -0.4 is 10.6 Å². The third-order valence-electron chi connectivity index (χ3n) is 5.11. The van der Waals surface area contributed by atoms with Gasteiger partial charge in [-0.1, -0.05) is 30.3 Å². The molecule has 0 aromatic heterocycles. The van der Waals surface area contributed by atoms with Gasteiger partial charge in [-0.25, -0.2) is 4.39 Å². The van der Waals surface area contributed by atoms with E-state index in [4.69, 9.17) is 0 Å². The van der Waals surface area contributed by atoms with Crippen LogP contribution in [-0.4, -0.2) is 18.4 Å². The zero-order chi connectivity index (χ0) is 18.7. The van der Waals surface area contributed by atoms with E-state index < -0.39 is 5.41 Å². The summed E-state index contributed by atoms with van der Waals surface area (Å²) < 4.78 is 13.6. The lowest BCUT2D eigenvalue weighted by Gasteiger charge is -2.17. The Morgan fingerprint density at radius 1 is 1.04 bits per heavy atom. The molecule has 2 N–H and O–H groups in total. The Morgan fingerprint density at radius 2 is 1.77 bits per heavy atom. The van der Waals surface area contributed by atoms with Gasteiger partial charge < -0.3 is 10.6 Å². The maximum absolute atomic E-state index is 13.6. The number of aryl methyl sites for hydroxylation is 1. The van der Waals surface area contributed by atoms with E-state index in [0.717, 1.165) is 16.8 Å². The molecule has 2 aromatic carbocycles. The summed E-state index contributed by atoms with van der Waals surface area (Å²) in [6, 6.07) is 12.2. The molecule has 0 radical (unpaired) electrons. The second kappa shape index (κ2) is 7.28. The Kier molecular flexibility index (Phi) is 5.07. The lowest BCUT2D eigenvalue weighted by molar-refractivity contribution is -0.134. The van der Waals surface area contributed by atoms with Crippen molar-refractivity contribution in [1.29, 1.82) is 0 Å². The van der Waals surface area contributed by atoms with E-state index in [1.165, 1.54) is 6.07 Å². The Bertz CT molecular complexity index is 844. The van der Waals surface area contributed by atoms with Gasteiger partial charge in [-0.2, -0.15) is 0 Å². The highest BCUT2D eigenvalue weighted by atomic mass is 19.1. The van der Waals surface area contributed by atoms with Gasteiger partial charge in [0.05, 0.1) is 0 Å². The number of nitrogens with one attached hydrogen (secondary N) is 2. The first-order valence-corrected chi connectivity index (χ1v) is 8.83. The number of amides is 2. The average molecular weight is 354 g/mol. The number of hydrogen-bond acceptors (Lipinski definition) is 2. The fourth-order valence-electron chi connectivity index (χ4n) is 2.99. The first-order valence-electron chi connectivity index (χ1n) is 8.83. The van der Waals surface area contributed by atoms with Gasteiger partial charge >= 0.3 is 0 Å². The zero-order valence-corrected chi connectivity index (χ0v) is 15.1. The molecular formula is C21H23FN2O2. The van der Waals surface area contributed by atoms with Gasteiger partial charge in [-0.15, -0.1) is 0 Å². The zero-order valence-electron chi connectivity index (χ0n) is 15.1. The summed E-state index contributed by atoms with van der Waals surface area (Å²) in [6.45, 7) is 4.23. The SMILES string of the molecule is Cc1cccc(NC(=O)C2(C(=O)NCCc3ccccc3F)CC2)c1C. The van der Waals surface area contributed by atoms with E-state index in [9.17, 15) is 14.0 Å². The second-order valence-electron chi connectivity index (χ2n) is 6.88. The van der Waals surface area contributed by atoms with E-state index in [2.05, 4.69) is 10.6 Å². The van der Waals surface area contributed by atoms with E-state index >= 15 is 0 Å². The number of carbonyl (C=O) groups excluding carboxylic acids is 2. The highest BCUT2D eigenvalue weighted by Gasteiger charge is 2.56. The monoisotopic (exact) mass is 354 g/mol. The largest absolute Gasteiger partial charge is 0.355 e. The minimum atomic E-state index is -0.995. The molecule has 4 nitrogen and oxygen atoms in total. The molecule has 0 saturated heterocycles. The quantitative estimate of drug-likeness (QED) is 0.780. The minimum Gasteiger partial charge on any atom is -0.355 e. The van der Waals surface area contributed by atoms with E-state index in [1.807, 2.05) is 32.0 Å². The molecule has 1 aliphatic carbocycles. The smallest absolute Gasteiger partial charge is 0.240 e. The minimum absolute atomic E-state index is 0.269. The van der Waals surface area contributed by atoms with Gasteiger partial charge in [-0.3, -0.25) is 9.59 Å². The normalized spacial score (nSPS) is 14.6. The van der Waals surface area contributed by atoms with E-state index in [-0.39, 0.29) is 17.6 Å². The van der Waals surface area contributed by atoms with Gasteiger partial charge in [0.2, 0.25) is 11.8 Å². The van der Waals surface area contributed by atoms with Crippen LogP contribution in [0.15, 0.2) is 42.5 Å².